The van der Waals surface area contributed by atoms with Crippen molar-refractivity contribution >= 4 is 10.2 Å². The summed E-state index contributed by atoms with van der Waals surface area (Å²) < 4.78 is 0. The summed E-state index contributed by atoms with van der Waals surface area (Å²) in [5.74, 6) is 0. The van der Waals surface area contributed by atoms with E-state index in [1.54, 1.807) is 0 Å². The lowest BCUT2D eigenvalue weighted by atomic mass is 10.0. The van der Waals surface area contributed by atoms with E-state index in [1.807, 2.05) is 0 Å². The Bertz CT molecular complexity index is 295. The second-order valence-electron chi connectivity index (χ2n) is 11.5. The molecule has 0 aromatic heterocycles. The van der Waals surface area contributed by atoms with E-state index in [4.69, 9.17) is 0 Å². The first-order valence-electron chi connectivity index (χ1n) is 16.7. The van der Waals surface area contributed by atoms with Crippen molar-refractivity contribution in [3.63, 3.8) is 0 Å². The normalized spacial score (nSPS) is 11.5. The molecule has 0 aromatic carbocycles. The number of rotatable bonds is 31. The summed E-state index contributed by atoms with van der Waals surface area (Å²) in [6.07, 6.45) is 46.1. The van der Waals surface area contributed by atoms with Crippen molar-refractivity contribution in [1.82, 2.24) is 0 Å². The molecule has 0 saturated carbocycles. The highest BCUT2D eigenvalue weighted by molar-refractivity contribution is 6.08. The Labute approximate surface area is 222 Å². The summed E-state index contributed by atoms with van der Waals surface area (Å²) in [5, 5.41) is 0. The van der Waals surface area contributed by atoms with Gasteiger partial charge in [-0.05, 0) is 0 Å². The molecule has 0 saturated heterocycles. The summed E-state index contributed by atoms with van der Waals surface area (Å²) in [5.41, 5.74) is 0. The molecule has 0 spiro atoms. The molecule has 0 atom stereocenters. The summed E-state index contributed by atoms with van der Waals surface area (Å²) in [6.45, 7) is 2.31. The zero-order valence-electron chi connectivity index (χ0n) is 24.3. The predicted octanol–water partition coefficient (Wildman–Crippen LogP) is 12.2. The number of unbranched alkanes of at least 4 members (excludes halogenated alkanes) is 30. The van der Waals surface area contributed by atoms with Crippen molar-refractivity contribution in [2.45, 2.75) is 212 Å². The smallest absolute Gasteiger partial charge is 0.00797 e. The minimum absolute atomic E-state index is 1.37. The van der Waals surface area contributed by atoms with E-state index >= 15 is 0 Å². The van der Waals surface area contributed by atoms with Gasteiger partial charge in [0.15, 0.2) is 0 Å². The van der Waals surface area contributed by atoms with Crippen molar-refractivity contribution in [2.24, 2.45) is 0 Å². The molecule has 0 heterocycles. The minimum Gasteiger partial charge on any atom is -0.0654 e. The van der Waals surface area contributed by atoms with Gasteiger partial charge in [-0.15, -0.1) is 0 Å². The Hall–Kier alpha value is 0.217. The Kier molecular flexibility index (Phi) is 33.4. The maximum Gasteiger partial charge on any atom is 0.00797 e. The van der Waals surface area contributed by atoms with Gasteiger partial charge in [0, 0.05) is 10.2 Å². The molecule has 0 N–H and O–H groups in total. The summed E-state index contributed by atoms with van der Waals surface area (Å²) >= 11 is 0. The second kappa shape index (κ2) is 33.2. The van der Waals surface area contributed by atoms with E-state index in [9.17, 15) is 0 Å². The number of hydrogen-bond acceptors (Lipinski definition) is 0. The van der Waals surface area contributed by atoms with Crippen LogP contribution in [0.25, 0.3) is 0 Å². The quantitative estimate of drug-likeness (QED) is 0.0665. The van der Waals surface area contributed by atoms with Crippen LogP contribution < -0.4 is 0 Å². The first-order valence-corrected chi connectivity index (χ1v) is 17.7. The highest BCUT2D eigenvalue weighted by atomic mass is 28.1. The first kappa shape index (κ1) is 34.2. The van der Waals surface area contributed by atoms with Crippen LogP contribution in [0.5, 0.6) is 0 Å². The Morgan fingerprint density at radius 1 is 0.235 bits per heavy atom. The summed E-state index contributed by atoms with van der Waals surface area (Å²) in [6, 6.07) is 1.40. The van der Waals surface area contributed by atoms with Gasteiger partial charge >= 0.3 is 0 Å². The van der Waals surface area contributed by atoms with Gasteiger partial charge in [0.05, 0.1) is 0 Å². The monoisotopic (exact) mass is 494 g/mol. The van der Waals surface area contributed by atoms with Crippen LogP contribution in [0.1, 0.15) is 206 Å². The van der Waals surface area contributed by atoms with E-state index in [1.165, 1.54) is 205 Å². The molecule has 0 nitrogen and oxygen atoms in total. The predicted molar refractivity (Wildman–Crippen MR) is 162 cm³/mol. The molecule has 0 amide bonds. The molecule has 1 radical (unpaired) electrons. The van der Waals surface area contributed by atoms with Gasteiger partial charge in [0.1, 0.15) is 0 Å². The zero-order valence-corrected chi connectivity index (χ0v) is 25.7. The van der Waals surface area contributed by atoms with Crippen molar-refractivity contribution in [3.05, 3.63) is 0 Å². The largest absolute Gasteiger partial charge is 0.0654 e. The summed E-state index contributed by atoms with van der Waals surface area (Å²) in [4.78, 5) is 0. The van der Waals surface area contributed by atoms with Gasteiger partial charge in [0.2, 0.25) is 0 Å². The third kappa shape index (κ3) is 32.2. The van der Waals surface area contributed by atoms with Crippen molar-refractivity contribution in [2.75, 3.05) is 0 Å². The van der Waals surface area contributed by atoms with Crippen LogP contribution in [0, 0.1) is 0 Å². The third-order valence-electron chi connectivity index (χ3n) is 7.85. The highest BCUT2D eigenvalue weighted by Gasteiger charge is 1.97. The fourth-order valence-electron chi connectivity index (χ4n) is 5.38. The SMILES string of the molecule is CCCCCCCCCCCCCCCCCCCCCCCCCCCCCCCCC[SiH2]. The van der Waals surface area contributed by atoms with Gasteiger partial charge in [0.25, 0.3) is 0 Å². The van der Waals surface area contributed by atoms with Gasteiger partial charge in [-0.25, -0.2) is 0 Å². The lowest BCUT2D eigenvalue weighted by molar-refractivity contribution is 0.513. The van der Waals surface area contributed by atoms with Crippen LogP contribution in [0.15, 0.2) is 0 Å². The Morgan fingerprint density at radius 3 is 0.529 bits per heavy atom. The molecular formula is C33H69Si. The van der Waals surface area contributed by atoms with E-state index < -0.39 is 0 Å². The molecule has 0 bridgehead atoms. The Morgan fingerprint density at radius 2 is 0.382 bits per heavy atom. The van der Waals surface area contributed by atoms with Crippen molar-refractivity contribution < 1.29 is 0 Å². The average Bonchev–Trinajstić information content (AvgIpc) is 2.85. The molecule has 0 aliphatic carbocycles. The molecule has 34 heavy (non-hydrogen) atoms. The fraction of sp³-hybridized carbons (Fsp3) is 1.00. The summed E-state index contributed by atoms with van der Waals surface area (Å²) in [7, 11) is 2.13. The maximum atomic E-state index is 2.31. The fourth-order valence-corrected chi connectivity index (χ4v) is 5.73. The van der Waals surface area contributed by atoms with Crippen LogP contribution >= 0.6 is 0 Å². The van der Waals surface area contributed by atoms with Gasteiger partial charge in [-0.1, -0.05) is 212 Å². The molecule has 0 unspecified atom stereocenters. The molecular weight excluding hydrogens is 424 g/mol. The molecule has 205 valence electrons. The Balaban J connectivity index is 2.99. The molecule has 0 aromatic rings. The van der Waals surface area contributed by atoms with E-state index in [0.717, 1.165) is 0 Å². The van der Waals surface area contributed by atoms with Gasteiger partial charge < -0.3 is 0 Å². The molecule has 0 aliphatic rings. The molecule has 1 heteroatoms. The van der Waals surface area contributed by atoms with Crippen LogP contribution in [0.3, 0.4) is 0 Å². The standard InChI is InChI=1S/C33H69Si/c1-2-3-4-5-6-7-8-9-10-11-12-13-14-15-16-17-18-19-20-21-22-23-24-25-26-27-28-29-30-31-32-33-34/h2-34H2,1H3. The third-order valence-corrected chi connectivity index (χ3v) is 8.35. The van der Waals surface area contributed by atoms with Crippen molar-refractivity contribution in [1.29, 1.82) is 0 Å². The number of hydrogen-bond donors (Lipinski definition) is 0. The second-order valence-corrected chi connectivity index (χ2v) is 12.2. The van der Waals surface area contributed by atoms with Crippen LogP contribution in [-0.2, 0) is 0 Å². The van der Waals surface area contributed by atoms with Crippen LogP contribution in [-0.4, -0.2) is 10.2 Å². The first-order chi connectivity index (χ1) is 16.9. The van der Waals surface area contributed by atoms with Crippen LogP contribution in [0.2, 0.25) is 6.04 Å². The topological polar surface area (TPSA) is 0 Å². The lowest BCUT2D eigenvalue weighted by Crippen LogP contribution is -1.85. The minimum atomic E-state index is 1.37. The molecule has 0 fully saturated rings. The maximum absolute atomic E-state index is 2.31. The zero-order chi connectivity index (χ0) is 24.6. The van der Waals surface area contributed by atoms with E-state index in [2.05, 4.69) is 17.2 Å². The lowest BCUT2D eigenvalue weighted by Gasteiger charge is -2.04. The molecule has 0 rings (SSSR count). The van der Waals surface area contributed by atoms with Gasteiger partial charge in [-0.3, -0.25) is 0 Å². The van der Waals surface area contributed by atoms with E-state index in [-0.39, 0.29) is 0 Å². The molecule has 0 aliphatic heterocycles. The van der Waals surface area contributed by atoms with E-state index in [0.29, 0.717) is 0 Å². The average molecular weight is 494 g/mol. The highest BCUT2D eigenvalue weighted by Crippen LogP contribution is 2.16. The van der Waals surface area contributed by atoms with Gasteiger partial charge in [-0.2, -0.15) is 0 Å². The van der Waals surface area contributed by atoms with Crippen LogP contribution in [0.4, 0.5) is 0 Å². The van der Waals surface area contributed by atoms with Crippen molar-refractivity contribution in [3.8, 4) is 0 Å².